The zero-order valence-electron chi connectivity index (χ0n) is 8.00. The van der Waals surface area contributed by atoms with Crippen molar-refractivity contribution in [2.75, 3.05) is 5.32 Å². The second-order valence-electron chi connectivity index (χ2n) is 2.84. The molecule has 1 aromatic heterocycles. The molecule has 82 valence electrons. The van der Waals surface area contributed by atoms with E-state index in [0.29, 0.717) is 16.7 Å². The molecule has 1 aromatic rings. The quantitative estimate of drug-likeness (QED) is 0.826. The van der Waals surface area contributed by atoms with Gasteiger partial charge in [0.1, 0.15) is 11.9 Å². The highest BCUT2D eigenvalue weighted by atomic mass is 79.9. The first-order chi connectivity index (χ1) is 7.04. The highest BCUT2D eigenvalue weighted by Gasteiger charge is 2.14. The molecule has 0 bridgehead atoms. The Morgan fingerprint density at radius 3 is 3.00 bits per heavy atom. The van der Waals surface area contributed by atoms with Crippen molar-refractivity contribution in [3.05, 3.63) is 16.0 Å². The smallest absolute Gasteiger partial charge is 0.239 e. The normalized spacial score (nSPS) is 12.2. The Kier molecular flexibility index (Phi) is 4.28. The SMILES string of the molecule is CCC(Nc1nc(Cl)ncc1Br)C(N)=O. The fraction of sp³-hybridized carbons (Fsp3) is 0.375. The highest BCUT2D eigenvalue weighted by Crippen LogP contribution is 2.21. The van der Waals surface area contributed by atoms with Crippen LogP contribution in [0.5, 0.6) is 0 Å². The van der Waals surface area contributed by atoms with Gasteiger partial charge in [-0.2, -0.15) is 4.98 Å². The molecule has 0 fully saturated rings. The monoisotopic (exact) mass is 292 g/mol. The van der Waals surface area contributed by atoms with Crippen LogP contribution in [0, 0.1) is 0 Å². The number of nitrogens with zero attached hydrogens (tertiary/aromatic N) is 2. The van der Waals surface area contributed by atoms with Crippen LogP contribution < -0.4 is 11.1 Å². The summed E-state index contributed by atoms with van der Waals surface area (Å²) >= 11 is 8.86. The Morgan fingerprint density at radius 1 is 1.80 bits per heavy atom. The Hall–Kier alpha value is -0.880. The van der Waals surface area contributed by atoms with Crippen molar-refractivity contribution in [1.29, 1.82) is 0 Å². The second-order valence-corrected chi connectivity index (χ2v) is 4.04. The van der Waals surface area contributed by atoms with Crippen LogP contribution in [-0.2, 0) is 4.79 Å². The maximum absolute atomic E-state index is 11.0. The Bertz CT molecular complexity index is 374. The average molecular weight is 294 g/mol. The molecule has 15 heavy (non-hydrogen) atoms. The van der Waals surface area contributed by atoms with Crippen LogP contribution in [0.3, 0.4) is 0 Å². The van der Waals surface area contributed by atoms with E-state index < -0.39 is 11.9 Å². The molecule has 0 aliphatic rings. The van der Waals surface area contributed by atoms with Crippen LogP contribution >= 0.6 is 27.5 Å². The van der Waals surface area contributed by atoms with Crippen molar-refractivity contribution in [3.8, 4) is 0 Å². The molecule has 0 aliphatic carbocycles. The van der Waals surface area contributed by atoms with Crippen molar-refractivity contribution in [2.24, 2.45) is 5.73 Å². The summed E-state index contributed by atoms with van der Waals surface area (Å²) < 4.78 is 0.631. The molecule has 0 aromatic carbocycles. The first-order valence-electron chi connectivity index (χ1n) is 4.28. The molecule has 0 saturated heterocycles. The van der Waals surface area contributed by atoms with Gasteiger partial charge in [0.2, 0.25) is 11.2 Å². The lowest BCUT2D eigenvalue weighted by molar-refractivity contribution is -0.118. The number of carbonyl (C=O) groups excluding carboxylic acids is 1. The van der Waals surface area contributed by atoms with Gasteiger partial charge >= 0.3 is 0 Å². The van der Waals surface area contributed by atoms with Gasteiger partial charge in [0.25, 0.3) is 0 Å². The van der Waals surface area contributed by atoms with Crippen molar-refractivity contribution in [2.45, 2.75) is 19.4 Å². The summed E-state index contributed by atoms with van der Waals surface area (Å²) in [5.41, 5.74) is 5.19. The molecule has 1 amide bonds. The number of rotatable bonds is 4. The van der Waals surface area contributed by atoms with E-state index in [1.807, 2.05) is 6.92 Å². The summed E-state index contributed by atoms with van der Waals surface area (Å²) in [5.74, 6) is 0.0276. The van der Waals surface area contributed by atoms with E-state index in [2.05, 4.69) is 31.2 Å². The molecule has 3 N–H and O–H groups in total. The van der Waals surface area contributed by atoms with Crippen molar-refractivity contribution >= 4 is 39.3 Å². The third-order valence-corrected chi connectivity index (χ3v) is 2.54. The third kappa shape index (κ3) is 3.32. The molecule has 1 unspecified atom stereocenters. The molecule has 5 nitrogen and oxygen atoms in total. The second kappa shape index (κ2) is 5.27. The molecular weight excluding hydrogens is 283 g/mol. The van der Waals surface area contributed by atoms with Crippen LogP contribution in [0.2, 0.25) is 5.28 Å². The predicted octanol–water partition coefficient (Wildman–Crippen LogP) is 1.57. The van der Waals surface area contributed by atoms with Crippen molar-refractivity contribution in [3.63, 3.8) is 0 Å². The summed E-state index contributed by atoms with van der Waals surface area (Å²) in [6.45, 7) is 1.85. The van der Waals surface area contributed by atoms with Crippen LogP contribution in [0.15, 0.2) is 10.7 Å². The van der Waals surface area contributed by atoms with Crippen LogP contribution in [0.25, 0.3) is 0 Å². The fourth-order valence-corrected chi connectivity index (χ4v) is 1.43. The first-order valence-corrected chi connectivity index (χ1v) is 5.45. The Morgan fingerprint density at radius 2 is 2.47 bits per heavy atom. The van der Waals surface area contributed by atoms with E-state index in [0.717, 1.165) is 0 Å². The lowest BCUT2D eigenvalue weighted by Gasteiger charge is -2.14. The van der Waals surface area contributed by atoms with E-state index in [9.17, 15) is 4.79 Å². The van der Waals surface area contributed by atoms with Crippen LogP contribution in [0.4, 0.5) is 5.82 Å². The van der Waals surface area contributed by atoms with Gasteiger partial charge in [-0.05, 0) is 34.0 Å². The molecule has 0 saturated carbocycles. The molecule has 0 aliphatic heterocycles. The maximum atomic E-state index is 11.0. The number of hydrogen-bond donors (Lipinski definition) is 2. The topological polar surface area (TPSA) is 80.9 Å². The van der Waals surface area contributed by atoms with E-state index in [1.54, 1.807) is 0 Å². The minimum Gasteiger partial charge on any atom is -0.368 e. The number of aromatic nitrogens is 2. The Labute approximate surface area is 101 Å². The summed E-state index contributed by atoms with van der Waals surface area (Å²) in [6.07, 6.45) is 2.08. The van der Waals surface area contributed by atoms with E-state index >= 15 is 0 Å². The number of nitrogens with one attached hydrogen (secondary N) is 1. The number of nitrogens with two attached hydrogens (primary N) is 1. The van der Waals surface area contributed by atoms with E-state index in [4.69, 9.17) is 17.3 Å². The largest absolute Gasteiger partial charge is 0.368 e. The van der Waals surface area contributed by atoms with Gasteiger partial charge in [0.05, 0.1) is 4.47 Å². The molecule has 0 radical (unpaired) electrons. The molecular formula is C8H10BrClN4O. The zero-order valence-corrected chi connectivity index (χ0v) is 10.3. The van der Waals surface area contributed by atoms with Gasteiger partial charge in [0.15, 0.2) is 0 Å². The van der Waals surface area contributed by atoms with E-state index in [1.165, 1.54) is 6.20 Å². The van der Waals surface area contributed by atoms with Gasteiger partial charge in [-0.25, -0.2) is 4.98 Å². The minimum absolute atomic E-state index is 0.111. The zero-order chi connectivity index (χ0) is 11.4. The average Bonchev–Trinajstić information content (AvgIpc) is 2.18. The first kappa shape index (κ1) is 12.2. The summed E-state index contributed by atoms with van der Waals surface area (Å²) in [5, 5.41) is 2.99. The van der Waals surface area contributed by atoms with Gasteiger partial charge < -0.3 is 11.1 Å². The molecule has 1 rings (SSSR count). The number of carbonyl (C=O) groups is 1. The standard InChI is InChI=1S/C8H10BrClN4O/c1-2-5(6(11)15)13-7-4(9)3-12-8(10)14-7/h3,5H,2H2,1H3,(H2,11,15)(H,12,13,14). The summed E-state index contributed by atoms with van der Waals surface area (Å²) in [4.78, 5) is 18.7. The van der Waals surface area contributed by atoms with Crippen LogP contribution in [0.1, 0.15) is 13.3 Å². The van der Waals surface area contributed by atoms with Gasteiger partial charge in [-0.15, -0.1) is 0 Å². The molecule has 0 spiro atoms. The predicted molar refractivity (Wildman–Crippen MR) is 61.6 cm³/mol. The van der Waals surface area contributed by atoms with Gasteiger partial charge in [-0.3, -0.25) is 4.79 Å². The Balaban J connectivity index is 2.87. The van der Waals surface area contributed by atoms with Crippen molar-refractivity contribution in [1.82, 2.24) is 9.97 Å². The molecule has 1 heterocycles. The number of primary amides is 1. The summed E-state index contributed by atoms with van der Waals surface area (Å²) in [6, 6.07) is -0.465. The number of halogens is 2. The number of hydrogen-bond acceptors (Lipinski definition) is 4. The van der Waals surface area contributed by atoms with E-state index in [-0.39, 0.29) is 5.28 Å². The fourth-order valence-electron chi connectivity index (χ4n) is 0.986. The van der Waals surface area contributed by atoms with Crippen molar-refractivity contribution < 1.29 is 4.79 Å². The van der Waals surface area contributed by atoms with Crippen LogP contribution in [-0.4, -0.2) is 21.9 Å². The molecule has 7 heteroatoms. The molecule has 1 atom stereocenters. The minimum atomic E-state index is -0.465. The lowest BCUT2D eigenvalue weighted by Crippen LogP contribution is -2.35. The highest BCUT2D eigenvalue weighted by molar-refractivity contribution is 9.10. The summed E-state index contributed by atoms with van der Waals surface area (Å²) in [7, 11) is 0. The van der Waals surface area contributed by atoms with Gasteiger partial charge in [-0.1, -0.05) is 6.92 Å². The lowest BCUT2D eigenvalue weighted by atomic mass is 10.2. The number of anilines is 1. The van der Waals surface area contributed by atoms with Gasteiger partial charge in [0, 0.05) is 6.20 Å². The maximum Gasteiger partial charge on any atom is 0.239 e. The third-order valence-electron chi connectivity index (χ3n) is 1.78. The number of amides is 1.